The summed E-state index contributed by atoms with van der Waals surface area (Å²) in [6, 6.07) is 3.05. The van der Waals surface area contributed by atoms with E-state index in [4.69, 9.17) is 5.73 Å². The highest BCUT2D eigenvalue weighted by Crippen LogP contribution is 2.10. The summed E-state index contributed by atoms with van der Waals surface area (Å²) in [5, 5.41) is 0. The molecule has 1 aromatic rings. The van der Waals surface area contributed by atoms with Crippen LogP contribution >= 0.6 is 0 Å². The van der Waals surface area contributed by atoms with Gasteiger partial charge in [-0.05, 0) is 19.1 Å². The second-order valence-electron chi connectivity index (χ2n) is 2.89. The molecule has 1 rings (SSSR count). The molecule has 0 saturated heterocycles. The molecule has 0 aliphatic carbocycles. The molecule has 1 aromatic heterocycles. The molecule has 0 aliphatic rings. The van der Waals surface area contributed by atoms with Crippen LogP contribution < -0.4 is 10.6 Å². The fourth-order valence-electron chi connectivity index (χ4n) is 1.00. The van der Waals surface area contributed by atoms with Crippen molar-refractivity contribution in [2.24, 2.45) is 5.73 Å². The average molecular weight is 179 g/mol. The third-order valence-electron chi connectivity index (χ3n) is 1.77. The second-order valence-corrected chi connectivity index (χ2v) is 2.89. The molecule has 4 heteroatoms. The zero-order valence-corrected chi connectivity index (χ0v) is 7.77. The number of hydrogen-bond donors (Lipinski definition) is 1. The second kappa shape index (κ2) is 4.00. The molecule has 0 fully saturated rings. The van der Waals surface area contributed by atoms with Crippen molar-refractivity contribution < 1.29 is 4.79 Å². The smallest absolute Gasteiger partial charge is 0.243 e. The first-order valence-corrected chi connectivity index (χ1v) is 4.06. The maximum absolute atomic E-state index is 11.4. The number of amides is 1. The Morgan fingerprint density at radius 3 is 2.54 bits per heavy atom. The maximum Gasteiger partial charge on any atom is 0.243 e. The van der Waals surface area contributed by atoms with Crippen LogP contribution in [0.5, 0.6) is 0 Å². The summed E-state index contributed by atoms with van der Waals surface area (Å²) in [5.74, 6) is -0.105. The molecule has 0 bridgehead atoms. The van der Waals surface area contributed by atoms with Gasteiger partial charge in [-0.25, -0.2) is 0 Å². The fraction of sp³-hybridized carbons (Fsp3) is 0.333. The predicted molar refractivity (Wildman–Crippen MR) is 51.3 cm³/mol. The zero-order chi connectivity index (χ0) is 9.84. The third kappa shape index (κ3) is 2.26. The highest BCUT2D eigenvalue weighted by molar-refractivity contribution is 5.96. The lowest BCUT2D eigenvalue weighted by Crippen LogP contribution is -2.39. The van der Waals surface area contributed by atoms with Crippen molar-refractivity contribution in [2.75, 3.05) is 11.9 Å². The number of carbonyl (C=O) groups is 1. The summed E-state index contributed by atoms with van der Waals surface area (Å²) in [5.41, 5.74) is 6.27. The molecule has 1 heterocycles. The number of anilines is 1. The molecule has 0 aromatic carbocycles. The first kappa shape index (κ1) is 9.67. The average Bonchev–Trinajstić information content (AvgIpc) is 2.17. The van der Waals surface area contributed by atoms with E-state index >= 15 is 0 Å². The fourth-order valence-corrected chi connectivity index (χ4v) is 1.00. The van der Waals surface area contributed by atoms with Gasteiger partial charge in [-0.15, -0.1) is 0 Å². The van der Waals surface area contributed by atoms with E-state index in [-0.39, 0.29) is 5.91 Å². The highest BCUT2D eigenvalue weighted by Gasteiger charge is 2.14. The Morgan fingerprint density at radius 2 is 2.08 bits per heavy atom. The van der Waals surface area contributed by atoms with Crippen LogP contribution in [0.25, 0.3) is 0 Å². The first-order valence-electron chi connectivity index (χ1n) is 4.06. The van der Waals surface area contributed by atoms with Gasteiger partial charge in [-0.3, -0.25) is 9.78 Å². The molecule has 1 unspecified atom stereocenters. The number of likely N-dealkylation sites (N-methyl/N-ethyl adjacent to an activating group) is 1. The van der Waals surface area contributed by atoms with E-state index in [1.807, 2.05) is 0 Å². The van der Waals surface area contributed by atoms with Crippen molar-refractivity contribution in [1.82, 2.24) is 4.98 Å². The van der Waals surface area contributed by atoms with Crippen molar-refractivity contribution >= 4 is 11.6 Å². The van der Waals surface area contributed by atoms with Crippen molar-refractivity contribution in [3.05, 3.63) is 24.5 Å². The molecule has 0 aliphatic heterocycles. The van der Waals surface area contributed by atoms with E-state index in [1.54, 1.807) is 38.5 Å². The summed E-state index contributed by atoms with van der Waals surface area (Å²) in [6.45, 7) is 1.67. The van der Waals surface area contributed by atoms with Crippen LogP contribution in [0, 0.1) is 0 Å². The maximum atomic E-state index is 11.4. The number of nitrogens with two attached hydrogens (primary N) is 1. The van der Waals surface area contributed by atoms with Gasteiger partial charge in [0.15, 0.2) is 0 Å². The Labute approximate surface area is 77.4 Å². The van der Waals surface area contributed by atoms with Crippen LogP contribution in [0.1, 0.15) is 6.92 Å². The van der Waals surface area contributed by atoms with Gasteiger partial charge in [0, 0.05) is 25.1 Å². The van der Waals surface area contributed by atoms with Gasteiger partial charge in [0.05, 0.1) is 6.04 Å². The molecule has 0 saturated carbocycles. The van der Waals surface area contributed by atoms with Crippen molar-refractivity contribution in [3.8, 4) is 0 Å². The Hall–Kier alpha value is -1.42. The lowest BCUT2D eigenvalue weighted by atomic mass is 10.3. The number of nitrogens with zero attached hydrogens (tertiary/aromatic N) is 2. The largest absolute Gasteiger partial charge is 0.320 e. The van der Waals surface area contributed by atoms with E-state index in [0.29, 0.717) is 0 Å². The number of aromatic nitrogens is 1. The number of rotatable bonds is 2. The SMILES string of the molecule is CC(N)C(=O)N(C)c1ccncc1. The van der Waals surface area contributed by atoms with Crippen molar-refractivity contribution in [3.63, 3.8) is 0 Å². The molecule has 0 radical (unpaired) electrons. The Balaban J connectivity index is 2.80. The van der Waals surface area contributed by atoms with Gasteiger partial charge in [-0.2, -0.15) is 0 Å². The van der Waals surface area contributed by atoms with Crippen LogP contribution in [0.2, 0.25) is 0 Å². The highest BCUT2D eigenvalue weighted by atomic mass is 16.2. The molecule has 1 atom stereocenters. The Morgan fingerprint density at radius 1 is 1.54 bits per heavy atom. The van der Waals surface area contributed by atoms with Crippen LogP contribution in [-0.4, -0.2) is 24.0 Å². The summed E-state index contributed by atoms with van der Waals surface area (Å²) in [4.78, 5) is 16.8. The standard InChI is InChI=1S/C9H13N3O/c1-7(10)9(13)12(2)8-3-5-11-6-4-8/h3-7H,10H2,1-2H3. The molecule has 0 spiro atoms. The number of carbonyl (C=O) groups excluding carboxylic acids is 1. The van der Waals surface area contributed by atoms with E-state index in [2.05, 4.69) is 4.98 Å². The lowest BCUT2D eigenvalue weighted by Gasteiger charge is -2.18. The number of pyridine rings is 1. The Bertz CT molecular complexity index is 284. The quantitative estimate of drug-likeness (QED) is 0.714. The van der Waals surface area contributed by atoms with Crippen LogP contribution in [0.3, 0.4) is 0 Å². The van der Waals surface area contributed by atoms with Gasteiger partial charge in [-0.1, -0.05) is 0 Å². The minimum atomic E-state index is -0.474. The van der Waals surface area contributed by atoms with E-state index in [1.165, 1.54) is 4.90 Å². The van der Waals surface area contributed by atoms with Gasteiger partial charge in [0.25, 0.3) is 0 Å². The summed E-state index contributed by atoms with van der Waals surface area (Å²) >= 11 is 0. The molecule has 2 N–H and O–H groups in total. The van der Waals surface area contributed by atoms with Crippen LogP contribution in [0.15, 0.2) is 24.5 Å². The van der Waals surface area contributed by atoms with Crippen LogP contribution in [-0.2, 0) is 4.79 Å². The number of hydrogen-bond acceptors (Lipinski definition) is 3. The minimum Gasteiger partial charge on any atom is -0.320 e. The van der Waals surface area contributed by atoms with E-state index < -0.39 is 6.04 Å². The van der Waals surface area contributed by atoms with E-state index in [9.17, 15) is 4.79 Å². The zero-order valence-electron chi connectivity index (χ0n) is 7.77. The Kier molecular flexibility index (Phi) is 2.97. The summed E-state index contributed by atoms with van der Waals surface area (Å²) < 4.78 is 0. The topological polar surface area (TPSA) is 59.2 Å². The molecular weight excluding hydrogens is 166 g/mol. The molecule has 13 heavy (non-hydrogen) atoms. The molecule has 70 valence electrons. The predicted octanol–water partition coefficient (Wildman–Crippen LogP) is 0.392. The monoisotopic (exact) mass is 179 g/mol. The van der Waals surface area contributed by atoms with Gasteiger partial charge < -0.3 is 10.6 Å². The first-order chi connectivity index (χ1) is 6.13. The van der Waals surface area contributed by atoms with Gasteiger partial charge >= 0.3 is 0 Å². The summed E-state index contributed by atoms with van der Waals surface area (Å²) in [6.07, 6.45) is 3.28. The molecule has 1 amide bonds. The van der Waals surface area contributed by atoms with Crippen molar-refractivity contribution in [2.45, 2.75) is 13.0 Å². The van der Waals surface area contributed by atoms with Gasteiger partial charge in [0.1, 0.15) is 0 Å². The summed E-state index contributed by atoms with van der Waals surface area (Å²) in [7, 11) is 1.70. The third-order valence-corrected chi connectivity index (χ3v) is 1.77. The minimum absolute atomic E-state index is 0.105. The van der Waals surface area contributed by atoms with Crippen molar-refractivity contribution in [1.29, 1.82) is 0 Å². The molecule has 4 nitrogen and oxygen atoms in total. The molecular formula is C9H13N3O. The lowest BCUT2D eigenvalue weighted by molar-refractivity contribution is -0.119. The van der Waals surface area contributed by atoms with Crippen LogP contribution in [0.4, 0.5) is 5.69 Å². The van der Waals surface area contributed by atoms with Gasteiger partial charge in [0.2, 0.25) is 5.91 Å². The normalized spacial score (nSPS) is 12.2. The van der Waals surface area contributed by atoms with E-state index in [0.717, 1.165) is 5.69 Å².